The highest BCUT2D eigenvalue weighted by atomic mass is 32.2. The lowest BCUT2D eigenvalue weighted by Gasteiger charge is -2.34. The molecule has 0 amide bonds. The molecule has 2 N–H and O–H groups in total. The molecule has 8 heteroatoms. The van der Waals surface area contributed by atoms with E-state index in [1.807, 2.05) is 0 Å². The molecule has 1 heterocycles. The third-order valence-corrected chi connectivity index (χ3v) is 6.07. The molecule has 0 aromatic carbocycles. The van der Waals surface area contributed by atoms with Crippen molar-refractivity contribution in [2.45, 2.75) is 35.6 Å². The van der Waals surface area contributed by atoms with E-state index in [1.54, 1.807) is 7.11 Å². The van der Waals surface area contributed by atoms with Gasteiger partial charge in [0.25, 0.3) is 0 Å². The van der Waals surface area contributed by atoms with E-state index in [0.717, 1.165) is 11.3 Å². The van der Waals surface area contributed by atoms with Crippen molar-refractivity contribution in [1.29, 1.82) is 0 Å². The van der Waals surface area contributed by atoms with Crippen molar-refractivity contribution in [1.82, 2.24) is 4.72 Å². The second-order valence-corrected chi connectivity index (χ2v) is 7.55. The van der Waals surface area contributed by atoms with Crippen molar-refractivity contribution in [3.8, 4) is 0 Å². The minimum Gasteiger partial charge on any atom is -0.481 e. The van der Waals surface area contributed by atoms with Crippen LogP contribution in [0.25, 0.3) is 0 Å². The molecule has 106 valence electrons. The number of carbonyl (C=O) groups is 1. The molecule has 0 bridgehead atoms. The third-order valence-electron chi connectivity index (χ3n) is 2.98. The van der Waals surface area contributed by atoms with Gasteiger partial charge >= 0.3 is 5.97 Å². The zero-order chi connectivity index (χ0) is 14.0. The highest BCUT2D eigenvalue weighted by Gasteiger charge is 2.33. The average molecular weight is 305 g/mol. The monoisotopic (exact) mass is 305 g/mol. The summed E-state index contributed by atoms with van der Waals surface area (Å²) in [7, 11) is -1.94. The standard InChI is InChI=1S/C11H15NO5S2/c1-17-8-4-7(5-8)12-19(15,16)11-3-2-9(18-11)6-10(13)14/h2-3,7-8,12H,4-6H2,1H3,(H,13,14). The number of ether oxygens (including phenoxy) is 1. The lowest BCUT2D eigenvalue weighted by Crippen LogP contribution is -2.47. The van der Waals surface area contributed by atoms with Crippen molar-refractivity contribution in [2.75, 3.05) is 7.11 Å². The van der Waals surface area contributed by atoms with Gasteiger partial charge in [0, 0.05) is 18.0 Å². The molecule has 6 nitrogen and oxygen atoms in total. The third kappa shape index (κ3) is 3.53. The summed E-state index contributed by atoms with van der Waals surface area (Å²) in [5.74, 6) is -0.972. The maximum Gasteiger partial charge on any atom is 0.308 e. The van der Waals surface area contributed by atoms with Crippen molar-refractivity contribution < 1.29 is 23.1 Å². The van der Waals surface area contributed by atoms with Crippen LogP contribution < -0.4 is 4.72 Å². The van der Waals surface area contributed by atoms with Gasteiger partial charge in [0.15, 0.2) is 0 Å². The van der Waals surface area contributed by atoms with Crippen LogP contribution in [-0.2, 0) is 26.0 Å². The van der Waals surface area contributed by atoms with E-state index < -0.39 is 16.0 Å². The maximum atomic E-state index is 12.0. The van der Waals surface area contributed by atoms with E-state index in [1.165, 1.54) is 12.1 Å². The molecule has 0 radical (unpaired) electrons. The zero-order valence-corrected chi connectivity index (χ0v) is 12.0. The minimum absolute atomic E-state index is 0.0972. The van der Waals surface area contributed by atoms with E-state index in [-0.39, 0.29) is 22.8 Å². The maximum absolute atomic E-state index is 12.0. The molecule has 2 rings (SSSR count). The number of thiophene rings is 1. The van der Waals surface area contributed by atoms with Gasteiger partial charge in [-0.3, -0.25) is 4.79 Å². The number of carboxylic acids is 1. The molecule has 1 aromatic heterocycles. The SMILES string of the molecule is COC1CC(NS(=O)(=O)c2ccc(CC(=O)O)s2)C1. The molecule has 0 unspecified atom stereocenters. The summed E-state index contributed by atoms with van der Waals surface area (Å²) in [5.41, 5.74) is 0. The van der Waals surface area contributed by atoms with Gasteiger partial charge in [-0.15, -0.1) is 11.3 Å². The first kappa shape index (κ1) is 14.4. The summed E-state index contributed by atoms with van der Waals surface area (Å²) < 4.78 is 31.9. The number of hydrogen-bond donors (Lipinski definition) is 2. The average Bonchev–Trinajstić information content (AvgIpc) is 2.71. The molecular formula is C11H15NO5S2. The van der Waals surface area contributed by atoms with Gasteiger partial charge < -0.3 is 9.84 Å². The Labute approximate surface area is 115 Å². The van der Waals surface area contributed by atoms with Crippen LogP contribution in [0, 0.1) is 0 Å². The predicted molar refractivity (Wildman–Crippen MR) is 69.8 cm³/mol. The molecule has 19 heavy (non-hydrogen) atoms. The Hall–Kier alpha value is -0.960. The minimum atomic E-state index is -3.55. The number of sulfonamides is 1. The second kappa shape index (κ2) is 5.58. The van der Waals surface area contributed by atoms with E-state index in [0.29, 0.717) is 17.7 Å². The Balaban J connectivity index is 1.99. The van der Waals surface area contributed by atoms with Crippen LogP contribution in [0.5, 0.6) is 0 Å². The molecule has 0 spiro atoms. The van der Waals surface area contributed by atoms with Crippen LogP contribution in [0.15, 0.2) is 16.3 Å². The predicted octanol–water partition coefficient (Wildman–Crippen LogP) is 0.831. The number of hydrogen-bond acceptors (Lipinski definition) is 5. The topological polar surface area (TPSA) is 92.7 Å². The highest BCUT2D eigenvalue weighted by Crippen LogP contribution is 2.27. The van der Waals surface area contributed by atoms with Gasteiger partial charge in [0.2, 0.25) is 10.0 Å². The van der Waals surface area contributed by atoms with E-state index >= 15 is 0 Å². The number of carboxylic acid groups (broad SMARTS) is 1. The highest BCUT2D eigenvalue weighted by molar-refractivity contribution is 7.91. The molecule has 0 aliphatic heterocycles. The molecule has 1 aliphatic rings. The summed E-state index contributed by atoms with van der Waals surface area (Å²) >= 11 is 0.989. The van der Waals surface area contributed by atoms with Crippen LogP contribution in [0.4, 0.5) is 0 Å². The van der Waals surface area contributed by atoms with Crippen LogP contribution >= 0.6 is 11.3 Å². The van der Waals surface area contributed by atoms with Gasteiger partial charge in [-0.25, -0.2) is 13.1 Å². The molecule has 1 aliphatic carbocycles. The summed E-state index contributed by atoms with van der Waals surface area (Å²) in [5, 5.41) is 8.66. The normalized spacial score (nSPS) is 23.0. The summed E-state index contributed by atoms with van der Waals surface area (Å²) in [6.07, 6.45) is 1.31. The largest absolute Gasteiger partial charge is 0.481 e. The zero-order valence-electron chi connectivity index (χ0n) is 10.3. The summed E-state index contributed by atoms with van der Waals surface area (Å²) in [6.45, 7) is 0. The van der Waals surface area contributed by atoms with E-state index in [2.05, 4.69) is 4.72 Å². The molecule has 0 atom stereocenters. The first-order valence-electron chi connectivity index (χ1n) is 5.76. The van der Waals surface area contributed by atoms with Gasteiger partial charge in [0.1, 0.15) is 4.21 Å². The van der Waals surface area contributed by atoms with Crippen LogP contribution in [0.2, 0.25) is 0 Å². The lowest BCUT2D eigenvalue weighted by molar-refractivity contribution is -0.136. The Bertz CT molecular complexity index is 559. The number of rotatable bonds is 6. The van der Waals surface area contributed by atoms with Crippen molar-refractivity contribution in [3.63, 3.8) is 0 Å². The summed E-state index contributed by atoms with van der Waals surface area (Å²) in [6, 6.07) is 2.88. The molecular weight excluding hydrogens is 290 g/mol. The van der Waals surface area contributed by atoms with Gasteiger partial charge in [-0.05, 0) is 25.0 Å². The summed E-state index contributed by atoms with van der Waals surface area (Å²) in [4.78, 5) is 11.1. The Morgan fingerprint density at radius 3 is 2.79 bits per heavy atom. The van der Waals surface area contributed by atoms with Crippen molar-refractivity contribution in [2.24, 2.45) is 0 Å². The fourth-order valence-corrected chi connectivity index (χ4v) is 4.50. The van der Waals surface area contributed by atoms with Crippen molar-refractivity contribution in [3.05, 3.63) is 17.0 Å². The first-order chi connectivity index (χ1) is 8.90. The first-order valence-corrected chi connectivity index (χ1v) is 8.06. The van der Waals surface area contributed by atoms with Crippen LogP contribution in [-0.4, -0.2) is 38.7 Å². The van der Waals surface area contributed by atoms with Crippen LogP contribution in [0.3, 0.4) is 0 Å². The van der Waals surface area contributed by atoms with Gasteiger partial charge in [-0.2, -0.15) is 0 Å². The van der Waals surface area contributed by atoms with E-state index in [4.69, 9.17) is 9.84 Å². The quantitative estimate of drug-likeness (QED) is 0.812. The van der Waals surface area contributed by atoms with Crippen molar-refractivity contribution >= 4 is 27.3 Å². The molecule has 0 saturated heterocycles. The Morgan fingerprint density at radius 1 is 1.53 bits per heavy atom. The van der Waals surface area contributed by atoms with Gasteiger partial charge in [0.05, 0.1) is 12.5 Å². The van der Waals surface area contributed by atoms with Gasteiger partial charge in [-0.1, -0.05) is 0 Å². The van der Waals surface area contributed by atoms with E-state index in [9.17, 15) is 13.2 Å². The Morgan fingerprint density at radius 2 is 2.21 bits per heavy atom. The fraction of sp³-hybridized carbons (Fsp3) is 0.545. The smallest absolute Gasteiger partial charge is 0.308 e. The second-order valence-electron chi connectivity index (χ2n) is 4.44. The van der Waals surface area contributed by atoms with Crippen LogP contribution in [0.1, 0.15) is 17.7 Å². The molecule has 1 aromatic rings. The molecule has 1 saturated carbocycles. The number of aliphatic carboxylic acids is 1. The lowest BCUT2D eigenvalue weighted by atomic mass is 9.90. The number of nitrogens with one attached hydrogen (secondary N) is 1. The molecule has 1 fully saturated rings. The Kier molecular flexibility index (Phi) is 4.24. The fourth-order valence-electron chi connectivity index (χ4n) is 1.88. The number of methoxy groups -OCH3 is 1.